The van der Waals surface area contributed by atoms with E-state index in [1.807, 2.05) is 72.8 Å². The summed E-state index contributed by atoms with van der Waals surface area (Å²) in [6.45, 7) is 0. The second-order valence-electron chi connectivity index (χ2n) is 7.06. The van der Waals surface area contributed by atoms with Crippen molar-refractivity contribution in [1.29, 1.82) is 0 Å². The molecule has 5 rings (SSSR count). The number of anilines is 2. The molecule has 1 atom stereocenters. The number of H-pyrrole nitrogens is 1. The summed E-state index contributed by atoms with van der Waals surface area (Å²) < 4.78 is -0.619. The minimum atomic E-state index is -0.619. The molecule has 32 heavy (non-hydrogen) atoms. The summed E-state index contributed by atoms with van der Waals surface area (Å²) in [5, 5.41) is 17.9. The molecule has 0 spiro atoms. The number of nitrogens with one attached hydrogen (secondary N) is 3. The van der Waals surface area contributed by atoms with Crippen LogP contribution < -0.4 is 10.7 Å². The van der Waals surface area contributed by atoms with Gasteiger partial charge in [0.1, 0.15) is 0 Å². The van der Waals surface area contributed by atoms with Crippen molar-refractivity contribution >= 4 is 29.7 Å². The number of aromatic amines is 1. The van der Waals surface area contributed by atoms with Gasteiger partial charge in [0.15, 0.2) is 0 Å². The molecule has 1 unspecified atom stereocenters. The van der Waals surface area contributed by atoms with Crippen molar-refractivity contribution in [3.63, 3.8) is 0 Å². The lowest BCUT2D eigenvalue weighted by Gasteiger charge is -2.20. The highest BCUT2D eigenvalue weighted by atomic mass is 16.2. The minimum absolute atomic E-state index is 0.293. The minimum Gasteiger partial charge on any atom is -0.320 e. The van der Waals surface area contributed by atoms with Gasteiger partial charge in [-0.05, 0) is 40.5 Å². The lowest BCUT2D eigenvalue weighted by molar-refractivity contribution is -0.729. The Bertz CT molecular complexity index is 1270. The molecule has 2 heterocycles. The number of nitrogens with zero attached hydrogens (tertiary/aromatic N) is 5. The first-order chi connectivity index (χ1) is 15.7. The molecule has 3 N–H and O–H groups in total. The van der Waals surface area contributed by atoms with E-state index in [0.29, 0.717) is 17.3 Å². The number of carbonyl (C=O) groups is 1. The molecule has 0 saturated carbocycles. The molecule has 0 saturated heterocycles. The zero-order chi connectivity index (χ0) is 21.8. The lowest BCUT2D eigenvalue weighted by atomic mass is 10.0. The Labute approximate surface area is 183 Å². The van der Waals surface area contributed by atoms with Gasteiger partial charge in [-0.3, -0.25) is 0 Å². The first kappa shape index (κ1) is 19.3. The first-order valence-corrected chi connectivity index (χ1v) is 9.93. The van der Waals surface area contributed by atoms with E-state index in [0.717, 1.165) is 16.8 Å². The van der Waals surface area contributed by atoms with E-state index in [9.17, 15) is 4.79 Å². The fourth-order valence-corrected chi connectivity index (χ4v) is 3.31. The highest BCUT2D eigenvalue weighted by Gasteiger charge is 2.43. The summed E-state index contributed by atoms with van der Waals surface area (Å²) in [7, 11) is 0. The predicted molar refractivity (Wildman–Crippen MR) is 122 cm³/mol. The van der Waals surface area contributed by atoms with E-state index in [2.05, 4.69) is 36.2 Å². The van der Waals surface area contributed by atoms with Crippen LogP contribution in [0.25, 0.3) is 11.1 Å². The quantitative estimate of drug-likeness (QED) is 0.422. The number of quaternary nitrogens is 1. The van der Waals surface area contributed by atoms with Gasteiger partial charge in [0.2, 0.25) is 5.82 Å². The van der Waals surface area contributed by atoms with Crippen LogP contribution in [0.3, 0.4) is 0 Å². The predicted octanol–water partition coefficient (Wildman–Crippen LogP) is 3.88. The van der Waals surface area contributed by atoms with Crippen LogP contribution in [-0.2, 0) is 0 Å². The van der Waals surface area contributed by atoms with E-state index in [4.69, 9.17) is 0 Å². The summed E-state index contributed by atoms with van der Waals surface area (Å²) in [4.78, 5) is 17.9. The third-order valence-corrected chi connectivity index (χ3v) is 4.88. The Kier molecular flexibility index (Phi) is 4.98. The second-order valence-corrected chi connectivity index (χ2v) is 7.06. The van der Waals surface area contributed by atoms with Crippen LogP contribution in [0.15, 0.2) is 101 Å². The van der Waals surface area contributed by atoms with Gasteiger partial charge in [-0.25, -0.2) is 4.79 Å². The van der Waals surface area contributed by atoms with E-state index < -0.39 is 4.70 Å². The smallest absolute Gasteiger partial charge is 0.320 e. The molecule has 3 aromatic carbocycles. The Morgan fingerprint density at radius 1 is 0.844 bits per heavy atom. The summed E-state index contributed by atoms with van der Waals surface area (Å²) in [6, 6.07) is 26.9. The average molecular weight is 423 g/mol. The number of rotatable bonds is 5. The first-order valence-electron chi connectivity index (χ1n) is 9.93. The number of aliphatic imine (C=N–C) groups is 1. The van der Waals surface area contributed by atoms with Crippen molar-refractivity contribution < 1.29 is 9.50 Å². The van der Waals surface area contributed by atoms with Crippen LogP contribution in [0.4, 0.5) is 11.5 Å². The molecule has 1 aromatic heterocycles. The van der Waals surface area contributed by atoms with Gasteiger partial charge in [0.05, 0.1) is 11.8 Å². The van der Waals surface area contributed by atoms with E-state index in [1.165, 1.54) is 12.5 Å². The number of para-hydroxylation sites is 1. The molecule has 0 aliphatic carbocycles. The Morgan fingerprint density at radius 3 is 2.22 bits per heavy atom. The molecule has 9 nitrogen and oxygen atoms in total. The summed E-state index contributed by atoms with van der Waals surface area (Å²) >= 11 is 0. The van der Waals surface area contributed by atoms with Crippen molar-refractivity contribution in [1.82, 2.24) is 15.4 Å². The van der Waals surface area contributed by atoms with E-state index in [-0.39, 0.29) is 5.91 Å². The number of carbonyl (C=O) groups excluding carboxylic acids is 1. The number of amides is 1. The number of hydrogen-bond donors (Lipinski definition) is 3. The molecule has 0 fully saturated rings. The maximum Gasteiger partial charge on any atom is 0.403 e. The van der Waals surface area contributed by atoms with Crippen molar-refractivity contribution in [2.75, 3.05) is 10.7 Å². The van der Waals surface area contributed by atoms with Gasteiger partial charge < -0.3 is 5.32 Å². The van der Waals surface area contributed by atoms with Crippen LogP contribution in [-0.4, -0.2) is 38.3 Å². The molecule has 9 heteroatoms. The standard InChI is InChI=1S/C23H19N8O/c32-22(19-13-11-18(12-14-19)17-7-3-1-4-8-17)31(28-21-15-25-30-27-21)16-24-23(29-31)26-20-9-5-2-6-10-20/h1-16H,(H,26,29)(H2,25,27,28,30)/q+1. The highest BCUT2D eigenvalue weighted by Crippen LogP contribution is 2.24. The third-order valence-electron chi connectivity index (χ3n) is 4.88. The number of hydrogen-bond acceptors (Lipinski definition) is 7. The van der Waals surface area contributed by atoms with Crippen LogP contribution in [0.5, 0.6) is 0 Å². The normalized spacial score (nSPS) is 17.1. The number of aromatic nitrogens is 3. The SMILES string of the molecule is O=C(c1ccc(-c2ccccc2)cc1)[N+]1(Nc2cn[nH]n2)C=NC(Nc2ccccc2)=N1. The molecule has 1 aliphatic heterocycles. The Balaban J connectivity index is 1.46. The number of guanidine groups is 1. The van der Waals surface area contributed by atoms with E-state index >= 15 is 0 Å². The van der Waals surface area contributed by atoms with Crippen molar-refractivity contribution in [3.8, 4) is 11.1 Å². The molecular formula is C23H19N8O+. The fourth-order valence-electron chi connectivity index (χ4n) is 3.31. The van der Waals surface area contributed by atoms with Gasteiger partial charge in [-0.1, -0.05) is 60.7 Å². The maximum absolute atomic E-state index is 13.6. The van der Waals surface area contributed by atoms with Gasteiger partial charge in [0, 0.05) is 10.4 Å². The van der Waals surface area contributed by atoms with Gasteiger partial charge >= 0.3 is 5.91 Å². The molecule has 1 aliphatic rings. The molecule has 1 amide bonds. The summed E-state index contributed by atoms with van der Waals surface area (Å²) in [6.07, 6.45) is 2.89. The second kappa shape index (κ2) is 8.25. The van der Waals surface area contributed by atoms with Crippen LogP contribution >= 0.6 is 0 Å². The van der Waals surface area contributed by atoms with E-state index in [1.54, 1.807) is 12.1 Å². The maximum atomic E-state index is 13.6. The Hall–Kier alpha value is -4.63. The molecular weight excluding hydrogens is 404 g/mol. The summed E-state index contributed by atoms with van der Waals surface area (Å²) in [5.74, 6) is 0.332. The van der Waals surface area contributed by atoms with Gasteiger partial charge in [0.25, 0.3) is 12.3 Å². The third kappa shape index (κ3) is 3.87. The topological polar surface area (TPSA) is 107 Å². The zero-order valence-corrected chi connectivity index (χ0v) is 16.9. The molecule has 4 aromatic rings. The largest absolute Gasteiger partial charge is 0.403 e. The number of benzene rings is 3. The molecule has 0 radical (unpaired) electrons. The monoisotopic (exact) mass is 423 g/mol. The van der Waals surface area contributed by atoms with Crippen LogP contribution in [0, 0.1) is 0 Å². The van der Waals surface area contributed by atoms with Crippen molar-refractivity contribution in [3.05, 3.63) is 96.7 Å². The van der Waals surface area contributed by atoms with Gasteiger partial charge in [-0.15, -0.1) is 5.10 Å². The fraction of sp³-hybridized carbons (Fsp3) is 0. The van der Waals surface area contributed by atoms with Crippen LogP contribution in [0.2, 0.25) is 0 Å². The Morgan fingerprint density at radius 2 is 1.53 bits per heavy atom. The lowest BCUT2D eigenvalue weighted by Crippen LogP contribution is -2.50. The zero-order valence-electron chi connectivity index (χ0n) is 16.9. The van der Waals surface area contributed by atoms with Crippen molar-refractivity contribution in [2.24, 2.45) is 10.1 Å². The molecule has 0 bridgehead atoms. The van der Waals surface area contributed by atoms with Gasteiger partial charge in [-0.2, -0.15) is 20.7 Å². The van der Waals surface area contributed by atoms with Crippen molar-refractivity contribution in [2.45, 2.75) is 0 Å². The molecule has 156 valence electrons. The highest BCUT2D eigenvalue weighted by molar-refractivity contribution is 6.03. The van der Waals surface area contributed by atoms with Crippen LogP contribution in [0.1, 0.15) is 10.4 Å². The summed E-state index contributed by atoms with van der Waals surface area (Å²) in [5.41, 5.74) is 6.37. The average Bonchev–Trinajstić information content (AvgIpc) is 3.51.